The number of carboxylic acids is 1. The second kappa shape index (κ2) is 5.65. The molecule has 1 heterocycles. The van der Waals surface area contributed by atoms with Crippen molar-refractivity contribution < 1.29 is 18.3 Å². The summed E-state index contributed by atoms with van der Waals surface area (Å²) < 4.78 is 26.5. The number of benzene rings is 1. The van der Waals surface area contributed by atoms with Crippen molar-refractivity contribution in [2.45, 2.75) is 24.7 Å². The zero-order valence-electron chi connectivity index (χ0n) is 12.2. The molecule has 0 spiro atoms. The number of nitrogens with one attached hydrogen (secondary N) is 1. The van der Waals surface area contributed by atoms with E-state index in [0.29, 0.717) is 25.2 Å². The molecular formula is C14H20N2O4S. The smallest absolute Gasteiger partial charge is 0.311 e. The van der Waals surface area contributed by atoms with Gasteiger partial charge in [0.25, 0.3) is 0 Å². The second-order valence-corrected chi connectivity index (χ2v) is 7.42. The molecule has 1 aromatic carbocycles. The Morgan fingerprint density at radius 1 is 1.38 bits per heavy atom. The number of anilines is 1. The molecule has 0 saturated carbocycles. The Labute approximate surface area is 124 Å². The highest BCUT2D eigenvalue weighted by Gasteiger charge is 2.38. The van der Waals surface area contributed by atoms with Crippen LogP contribution in [0.3, 0.4) is 0 Å². The van der Waals surface area contributed by atoms with E-state index in [2.05, 4.69) is 4.72 Å². The molecule has 0 aliphatic carbocycles. The third-order valence-corrected chi connectivity index (χ3v) is 5.44. The van der Waals surface area contributed by atoms with Crippen LogP contribution in [0.4, 0.5) is 5.69 Å². The van der Waals surface area contributed by atoms with Crippen molar-refractivity contribution in [3.63, 3.8) is 0 Å². The summed E-state index contributed by atoms with van der Waals surface area (Å²) in [6.45, 7) is 2.66. The number of nitrogens with zero attached hydrogens (tertiary/aromatic N) is 1. The first kappa shape index (κ1) is 15.8. The summed E-state index contributed by atoms with van der Waals surface area (Å²) >= 11 is 0. The van der Waals surface area contributed by atoms with Crippen molar-refractivity contribution in [3.8, 4) is 0 Å². The van der Waals surface area contributed by atoms with E-state index in [1.54, 1.807) is 25.1 Å². The molecule has 1 fully saturated rings. The monoisotopic (exact) mass is 312 g/mol. The number of carbonyl (C=O) groups is 1. The van der Waals surface area contributed by atoms with Crippen LogP contribution in [0.15, 0.2) is 29.2 Å². The summed E-state index contributed by atoms with van der Waals surface area (Å²) in [4.78, 5) is 13.5. The number of rotatable bonds is 4. The van der Waals surface area contributed by atoms with Crippen LogP contribution in [0, 0.1) is 5.41 Å². The molecule has 0 aromatic heterocycles. The highest BCUT2D eigenvalue weighted by atomic mass is 32.2. The highest BCUT2D eigenvalue weighted by Crippen LogP contribution is 2.35. The standard InChI is InChI=1S/C14H20N2O4S/c1-14(13(17)18)8-5-9-16(10-14)11-6-3-4-7-12(11)21(19,20)15-2/h3-4,6-7,15H,5,8-10H2,1-2H3,(H,17,18). The van der Waals surface area contributed by atoms with Gasteiger partial charge >= 0.3 is 5.97 Å². The Kier molecular flexibility index (Phi) is 4.25. The van der Waals surface area contributed by atoms with Crippen molar-refractivity contribution in [1.29, 1.82) is 0 Å². The van der Waals surface area contributed by atoms with Crippen molar-refractivity contribution in [2.24, 2.45) is 5.41 Å². The van der Waals surface area contributed by atoms with Crippen molar-refractivity contribution in [1.82, 2.24) is 4.72 Å². The molecular weight excluding hydrogens is 292 g/mol. The van der Waals surface area contributed by atoms with Gasteiger partial charge < -0.3 is 10.0 Å². The second-order valence-electron chi connectivity index (χ2n) is 5.57. The van der Waals surface area contributed by atoms with Crippen LogP contribution in [-0.4, -0.2) is 39.6 Å². The van der Waals surface area contributed by atoms with Crippen LogP contribution >= 0.6 is 0 Å². The number of piperidine rings is 1. The van der Waals surface area contributed by atoms with Gasteiger partial charge in [-0.25, -0.2) is 13.1 Å². The fourth-order valence-electron chi connectivity index (χ4n) is 2.68. The molecule has 0 amide bonds. The average Bonchev–Trinajstić information content (AvgIpc) is 2.47. The molecule has 7 heteroatoms. The van der Waals surface area contributed by atoms with E-state index >= 15 is 0 Å². The zero-order chi connectivity index (χ0) is 15.7. The Bertz CT molecular complexity index is 644. The fraction of sp³-hybridized carbons (Fsp3) is 0.500. The Balaban J connectivity index is 2.41. The number of carboxylic acid groups (broad SMARTS) is 1. The molecule has 1 saturated heterocycles. The predicted molar refractivity (Wildman–Crippen MR) is 79.9 cm³/mol. The van der Waals surface area contributed by atoms with Crippen LogP contribution in [0.1, 0.15) is 19.8 Å². The molecule has 1 unspecified atom stereocenters. The van der Waals surface area contributed by atoms with Gasteiger partial charge in [0.1, 0.15) is 4.90 Å². The summed E-state index contributed by atoms with van der Waals surface area (Å²) in [5, 5.41) is 9.38. The molecule has 1 aromatic rings. The van der Waals surface area contributed by atoms with E-state index in [0.717, 1.165) is 6.42 Å². The van der Waals surface area contributed by atoms with Crippen molar-refractivity contribution >= 4 is 21.7 Å². The minimum absolute atomic E-state index is 0.183. The number of hydrogen-bond acceptors (Lipinski definition) is 4. The average molecular weight is 312 g/mol. The van der Waals surface area contributed by atoms with Gasteiger partial charge in [0, 0.05) is 13.1 Å². The predicted octanol–water partition coefficient (Wildman–Crippen LogP) is 1.29. The number of sulfonamides is 1. The van der Waals surface area contributed by atoms with E-state index in [4.69, 9.17) is 0 Å². The lowest BCUT2D eigenvalue weighted by molar-refractivity contribution is -0.148. The van der Waals surface area contributed by atoms with Crippen LogP contribution in [0.2, 0.25) is 0 Å². The van der Waals surface area contributed by atoms with Gasteiger partial charge in [0.05, 0.1) is 11.1 Å². The first-order chi connectivity index (χ1) is 9.80. The Hall–Kier alpha value is -1.60. The van der Waals surface area contributed by atoms with Crippen LogP contribution in [-0.2, 0) is 14.8 Å². The summed E-state index contributed by atoms with van der Waals surface area (Å²) in [5.74, 6) is -0.846. The van der Waals surface area contributed by atoms with Gasteiger partial charge in [0.2, 0.25) is 10.0 Å². The quantitative estimate of drug-likeness (QED) is 0.875. The number of para-hydroxylation sites is 1. The first-order valence-electron chi connectivity index (χ1n) is 6.81. The van der Waals surface area contributed by atoms with Crippen LogP contribution < -0.4 is 9.62 Å². The van der Waals surface area contributed by atoms with Crippen molar-refractivity contribution in [2.75, 3.05) is 25.0 Å². The largest absolute Gasteiger partial charge is 0.481 e. The number of hydrogen-bond donors (Lipinski definition) is 2. The van der Waals surface area contributed by atoms with Gasteiger partial charge in [-0.3, -0.25) is 4.79 Å². The summed E-state index contributed by atoms with van der Waals surface area (Å²) in [6, 6.07) is 6.68. The molecule has 1 aliphatic heterocycles. The molecule has 6 nitrogen and oxygen atoms in total. The lowest BCUT2D eigenvalue weighted by Gasteiger charge is -2.39. The van der Waals surface area contributed by atoms with E-state index < -0.39 is 21.4 Å². The zero-order valence-corrected chi connectivity index (χ0v) is 13.0. The molecule has 21 heavy (non-hydrogen) atoms. The summed E-state index contributed by atoms with van der Waals surface area (Å²) in [7, 11) is -2.21. The van der Waals surface area contributed by atoms with E-state index in [9.17, 15) is 18.3 Å². The van der Waals surface area contributed by atoms with Crippen LogP contribution in [0.5, 0.6) is 0 Å². The molecule has 2 N–H and O–H groups in total. The Morgan fingerprint density at radius 3 is 2.67 bits per heavy atom. The molecule has 116 valence electrons. The minimum atomic E-state index is -3.57. The van der Waals surface area contributed by atoms with Gasteiger partial charge in [-0.1, -0.05) is 12.1 Å². The maximum atomic E-state index is 12.1. The van der Waals surface area contributed by atoms with Crippen molar-refractivity contribution in [3.05, 3.63) is 24.3 Å². The van der Waals surface area contributed by atoms with Gasteiger partial charge in [0.15, 0.2) is 0 Å². The SMILES string of the molecule is CNS(=O)(=O)c1ccccc1N1CCCC(C)(C(=O)O)C1. The minimum Gasteiger partial charge on any atom is -0.481 e. The van der Waals surface area contributed by atoms with E-state index in [1.165, 1.54) is 13.1 Å². The topological polar surface area (TPSA) is 86.7 Å². The summed E-state index contributed by atoms with van der Waals surface area (Å²) in [6.07, 6.45) is 1.32. The lowest BCUT2D eigenvalue weighted by atomic mass is 9.82. The lowest BCUT2D eigenvalue weighted by Crippen LogP contribution is -2.46. The molecule has 1 atom stereocenters. The molecule has 1 aliphatic rings. The highest BCUT2D eigenvalue weighted by molar-refractivity contribution is 7.89. The maximum Gasteiger partial charge on any atom is 0.311 e. The van der Waals surface area contributed by atoms with Gasteiger partial charge in [-0.15, -0.1) is 0 Å². The molecule has 2 rings (SSSR count). The molecule has 0 radical (unpaired) electrons. The van der Waals surface area contributed by atoms with E-state index in [1.807, 2.05) is 4.90 Å². The van der Waals surface area contributed by atoms with Gasteiger partial charge in [-0.05, 0) is 38.9 Å². The number of aliphatic carboxylic acids is 1. The first-order valence-corrected chi connectivity index (χ1v) is 8.29. The fourth-order valence-corrected chi connectivity index (χ4v) is 3.63. The third kappa shape index (κ3) is 3.03. The molecule has 0 bridgehead atoms. The van der Waals surface area contributed by atoms with E-state index in [-0.39, 0.29) is 4.90 Å². The van der Waals surface area contributed by atoms with Crippen LogP contribution in [0.25, 0.3) is 0 Å². The maximum absolute atomic E-state index is 12.1. The van der Waals surface area contributed by atoms with Gasteiger partial charge in [-0.2, -0.15) is 0 Å². The Morgan fingerprint density at radius 2 is 2.05 bits per heavy atom. The summed E-state index contributed by atoms with van der Waals surface area (Å²) in [5.41, 5.74) is -0.298. The third-order valence-electron chi connectivity index (χ3n) is 3.98. The normalized spacial score (nSPS) is 23.0.